The summed E-state index contributed by atoms with van der Waals surface area (Å²) in [5.41, 5.74) is 1.66. The molecule has 6 heteroatoms. The fraction of sp³-hybridized carbons (Fsp3) is 0.471. The van der Waals surface area contributed by atoms with Crippen LogP contribution in [-0.2, 0) is 0 Å². The topological polar surface area (TPSA) is 80.0 Å². The van der Waals surface area contributed by atoms with E-state index >= 15 is 0 Å². The Balaban J connectivity index is 1.67. The molecule has 1 fully saturated rings. The predicted octanol–water partition coefficient (Wildman–Crippen LogP) is 1.92. The molecule has 1 aliphatic rings. The summed E-state index contributed by atoms with van der Waals surface area (Å²) in [7, 11) is 0. The summed E-state index contributed by atoms with van der Waals surface area (Å²) in [4.78, 5) is 16.5. The van der Waals surface area contributed by atoms with E-state index in [0.717, 1.165) is 37.1 Å². The van der Waals surface area contributed by atoms with Crippen LogP contribution in [0.15, 0.2) is 24.4 Å². The van der Waals surface area contributed by atoms with Gasteiger partial charge in [-0.15, -0.1) is 0 Å². The number of aryl methyl sites for hydroxylation is 2. The molecule has 2 aromatic rings. The summed E-state index contributed by atoms with van der Waals surface area (Å²) in [6.07, 6.45) is 5.08. The standard InChI is InChI=1S/C17H22N4O2/c1-12-9-13(2)21(20-12)15-6-5-14(10-18-15)16(22)19-11-17(23)7-3-4-8-17/h5-6,9-10,23H,3-4,7-8,11H2,1-2H3,(H,19,22). The maximum atomic E-state index is 12.2. The minimum absolute atomic E-state index is 0.210. The molecule has 0 atom stereocenters. The number of nitrogens with one attached hydrogen (secondary N) is 1. The van der Waals surface area contributed by atoms with Crippen molar-refractivity contribution < 1.29 is 9.90 Å². The molecule has 3 rings (SSSR count). The summed E-state index contributed by atoms with van der Waals surface area (Å²) >= 11 is 0. The Morgan fingerprint density at radius 1 is 1.35 bits per heavy atom. The third-order valence-electron chi connectivity index (χ3n) is 4.35. The molecule has 0 radical (unpaired) electrons. The van der Waals surface area contributed by atoms with Gasteiger partial charge in [0.2, 0.25) is 0 Å². The number of carbonyl (C=O) groups excluding carboxylic acids is 1. The second-order valence-corrected chi connectivity index (χ2v) is 6.36. The van der Waals surface area contributed by atoms with Gasteiger partial charge in [-0.1, -0.05) is 12.8 Å². The van der Waals surface area contributed by atoms with Gasteiger partial charge in [-0.25, -0.2) is 9.67 Å². The van der Waals surface area contributed by atoms with Gasteiger partial charge >= 0.3 is 0 Å². The minimum Gasteiger partial charge on any atom is -0.388 e. The molecule has 2 N–H and O–H groups in total. The number of aromatic nitrogens is 3. The van der Waals surface area contributed by atoms with Gasteiger partial charge in [0.25, 0.3) is 5.91 Å². The van der Waals surface area contributed by atoms with Crippen LogP contribution in [0.5, 0.6) is 0 Å². The lowest BCUT2D eigenvalue weighted by Crippen LogP contribution is -2.40. The lowest BCUT2D eigenvalue weighted by molar-refractivity contribution is 0.0449. The zero-order valence-electron chi connectivity index (χ0n) is 13.5. The molecule has 0 bridgehead atoms. The molecule has 0 unspecified atom stereocenters. The number of hydrogen-bond acceptors (Lipinski definition) is 4. The predicted molar refractivity (Wildman–Crippen MR) is 86.6 cm³/mol. The van der Waals surface area contributed by atoms with Crippen molar-refractivity contribution in [3.8, 4) is 5.82 Å². The molecular weight excluding hydrogens is 292 g/mol. The highest BCUT2D eigenvalue weighted by Crippen LogP contribution is 2.28. The van der Waals surface area contributed by atoms with Crippen LogP contribution in [0, 0.1) is 13.8 Å². The summed E-state index contributed by atoms with van der Waals surface area (Å²) in [5, 5.41) is 17.4. The first-order valence-corrected chi connectivity index (χ1v) is 7.97. The monoisotopic (exact) mass is 314 g/mol. The first-order chi connectivity index (χ1) is 11.0. The summed E-state index contributed by atoms with van der Waals surface area (Å²) in [6, 6.07) is 5.48. The van der Waals surface area contributed by atoms with E-state index in [1.54, 1.807) is 23.0 Å². The fourth-order valence-corrected chi connectivity index (χ4v) is 3.06. The number of rotatable bonds is 4. The maximum Gasteiger partial charge on any atom is 0.252 e. The Hall–Kier alpha value is -2.21. The van der Waals surface area contributed by atoms with E-state index in [-0.39, 0.29) is 5.91 Å². The molecule has 2 heterocycles. The van der Waals surface area contributed by atoms with E-state index in [1.807, 2.05) is 19.9 Å². The molecule has 0 saturated heterocycles. The Morgan fingerprint density at radius 2 is 2.09 bits per heavy atom. The van der Waals surface area contributed by atoms with Crippen molar-refractivity contribution in [2.75, 3.05) is 6.54 Å². The number of hydrogen-bond donors (Lipinski definition) is 2. The molecule has 2 aromatic heterocycles. The average molecular weight is 314 g/mol. The first kappa shape index (κ1) is 15.7. The molecular formula is C17H22N4O2. The maximum absolute atomic E-state index is 12.2. The molecule has 6 nitrogen and oxygen atoms in total. The molecule has 0 aliphatic heterocycles. The van der Waals surface area contributed by atoms with E-state index in [0.29, 0.717) is 17.9 Å². The smallest absolute Gasteiger partial charge is 0.252 e. The molecule has 122 valence electrons. The van der Waals surface area contributed by atoms with Crippen molar-refractivity contribution in [2.24, 2.45) is 0 Å². The second-order valence-electron chi connectivity index (χ2n) is 6.36. The first-order valence-electron chi connectivity index (χ1n) is 7.97. The number of pyridine rings is 1. The summed E-state index contributed by atoms with van der Waals surface area (Å²) in [5.74, 6) is 0.472. The van der Waals surface area contributed by atoms with E-state index in [4.69, 9.17) is 0 Å². The van der Waals surface area contributed by atoms with Gasteiger partial charge < -0.3 is 10.4 Å². The Labute approximate surface area is 135 Å². The van der Waals surface area contributed by atoms with Gasteiger partial charge in [-0.2, -0.15) is 5.10 Å². The van der Waals surface area contributed by atoms with Crippen LogP contribution in [0.2, 0.25) is 0 Å². The van der Waals surface area contributed by atoms with Crippen molar-refractivity contribution in [1.82, 2.24) is 20.1 Å². The van der Waals surface area contributed by atoms with Crippen molar-refractivity contribution in [2.45, 2.75) is 45.1 Å². The zero-order valence-corrected chi connectivity index (χ0v) is 13.5. The van der Waals surface area contributed by atoms with Crippen LogP contribution in [0.1, 0.15) is 47.4 Å². The van der Waals surface area contributed by atoms with Crippen LogP contribution < -0.4 is 5.32 Å². The third kappa shape index (κ3) is 3.42. The van der Waals surface area contributed by atoms with Crippen LogP contribution in [0.3, 0.4) is 0 Å². The van der Waals surface area contributed by atoms with Crippen LogP contribution in [-0.4, -0.2) is 37.9 Å². The van der Waals surface area contributed by atoms with Gasteiger partial charge in [-0.05, 0) is 44.9 Å². The van der Waals surface area contributed by atoms with Gasteiger partial charge in [0.05, 0.1) is 16.9 Å². The van der Waals surface area contributed by atoms with Gasteiger partial charge in [0.1, 0.15) is 0 Å². The number of carbonyl (C=O) groups is 1. The van der Waals surface area contributed by atoms with Crippen molar-refractivity contribution >= 4 is 5.91 Å². The van der Waals surface area contributed by atoms with E-state index in [9.17, 15) is 9.90 Å². The highest BCUT2D eigenvalue weighted by molar-refractivity contribution is 5.94. The van der Waals surface area contributed by atoms with E-state index < -0.39 is 5.60 Å². The number of amides is 1. The third-order valence-corrected chi connectivity index (χ3v) is 4.35. The summed E-state index contributed by atoms with van der Waals surface area (Å²) < 4.78 is 1.75. The molecule has 1 amide bonds. The largest absolute Gasteiger partial charge is 0.388 e. The van der Waals surface area contributed by atoms with Crippen molar-refractivity contribution in [1.29, 1.82) is 0 Å². The van der Waals surface area contributed by atoms with Gasteiger partial charge in [-0.3, -0.25) is 4.79 Å². The molecule has 1 saturated carbocycles. The fourth-order valence-electron chi connectivity index (χ4n) is 3.06. The zero-order chi connectivity index (χ0) is 16.4. The van der Waals surface area contributed by atoms with Crippen LogP contribution in [0.4, 0.5) is 0 Å². The van der Waals surface area contributed by atoms with Crippen LogP contribution >= 0.6 is 0 Å². The Kier molecular flexibility index (Phi) is 4.17. The SMILES string of the molecule is Cc1cc(C)n(-c2ccc(C(=O)NCC3(O)CCCC3)cn2)n1. The molecule has 1 aliphatic carbocycles. The lowest BCUT2D eigenvalue weighted by Gasteiger charge is -2.22. The molecule has 0 spiro atoms. The highest BCUT2D eigenvalue weighted by atomic mass is 16.3. The number of nitrogens with zero attached hydrogens (tertiary/aromatic N) is 3. The highest BCUT2D eigenvalue weighted by Gasteiger charge is 2.31. The average Bonchev–Trinajstić information content (AvgIpc) is 3.11. The van der Waals surface area contributed by atoms with E-state index in [1.165, 1.54) is 0 Å². The Bertz CT molecular complexity index is 700. The lowest BCUT2D eigenvalue weighted by atomic mass is 10.0. The molecule has 0 aromatic carbocycles. The van der Waals surface area contributed by atoms with Crippen LogP contribution in [0.25, 0.3) is 5.82 Å². The summed E-state index contributed by atoms with van der Waals surface area (Å²) in [6.45, 7) is 4.19. The second kappa shape index (κ2) is 6.12. The molecule has 23 heavy (non-hydrogen) atoms. The van der Waals surface area contributed by atoms with Gasteiger partial charge in [0, 0.05) is 18.4 Å². The van der Waals surface area contributed by atoms with Crippen molar-refractivity contribution in [3.63, 3.8) is 0 Å². The quantitative estimate of drug-likeness (QED) is 0.903. The van der Waals surface area contributed by atoms with Crippen molar-refractivity contribution in [3.05, 3.63) is 41.3 Å². The van der Waals surface area contributed by atoms with Gasteiger partial charge in [0.15, 0.2) is 5.82 Å². The minimum atomic E-state index is -0.743. The van der Waals surface area contributed by atoms with E-state index in [2.05, 4.69) is 15.4 Å². The Morgan fingerprint density at radius 3 is 2.65 bits per heavy atom. The normalized spacial score (nSPS) is 16.5. The number of aliphatic hydroxyl groups is 1.